The standard InChI is InChI=1S/C16H22BrN3O/c1-11-14(8-13(17)9-15(11)18)16(21)20-6-4-19(5-7-20)10-12-2-3-12/h8-9,12H,2-7,10,18H2,1H3. The number of nitrogens with zero attached hydrogens (tertiary/aromatic N) is 2. The first kappa shape index (κ1) is 14.9. The van der Waals surface area contributed by atoms with Crippen LogP contribution in [0.5, 0.6) is 0 Å². The van der Waals surface area contributed by atoms with Crippen molar-refractivity contribution < 1.29 is 4.79 Å². The van der Waals surface area contributed by atoms with Gasteiger partial charge in [0.1, 0.15) is 0 Å². The molecule has 1 saturated heterocycles. The molecule has 2 fully saturated rings. The number of hydrogen-bond donors (Lipinski definition) is 1. The van der Waals surface area contributed by atoms with Gasteiger partial charge in [-0.1, -0.05) is 15.9 Å². The molecule has 4 nitrogen and oxygen atoms in total. The van der Waals surface area contributed by atoms with Crippen molar-refractivity contribution in [3.8, 4) is 0 Å². The minimum absolute atomic E-state index is 0.103. The zero-order valence-electron chi connectivity index (χ0n) is 12.4. The molecule has 1 heterocycles. The van der Waals surface area contributed by atoms with Gasteiger partial charge in [-0.05, 0) is 43.4 Å². The van der Waals surface area contributed by atoms with Crippen LogP contribution in [0.4, 0.5) is 5.69 Å². The number of carbonyl (C=O) groups is 1. The lowest BCUT2D eigenvalue weighted by Crippen LogP contribution is -2.49. The number of carbonyl (C=O) groups excluding carboxylic acids is 1. The second kappa shape index (κ2) is 5.97. The molecule has 1 aliphatic heterocycles. The van der Waals surface area contributed by atoms with Gasteiger partial charge in [-0.2, -0.15) is 0 Å². The molecule has 2 N–H and O–H groups in total. The van der Waals surface area contributed by atoms with Crippen LogP contribution in [0.1, 0.15) is 28.8 Å². The second-order valence-electron chi connectivity index (χ2n) is 6.20. The first-order valence-electron chi connectivity index (χ1n) is 7.62. The maximum Gasteiger partial charge on any atom is 0.254 e. The van der Waals surface area contributed by atoms with Crippen LogP contribution in [0.2, 0.25) is 0 Å². The SMILES string of the molecule is Cc1c(N)cc(Br)cc1C(=O)N1CCN(CC2CC2)CC1. The summed E-state index contributed by atoms with van der Waals surface area (Å²) in [4.78, 5) is 17.1. The Hall–Kier alpha value is -1.07. The van der Waals surface area contributed by atoms with Gasteiger partial charge in [-0.25, -0.2) is 0 Å². The number of benzene rings is 1. The summed E-state index contributed by atoms with van der Waals surface area (Å²) in [5.41, 5.74) is 8.23. The molecule has 1 aromatic rings. The van der Waals surface area contributed by atoms with E-state index in [2.05, 4.69) is 20.8 Å². The highest BCUT2D eigenvalue weighted by Gasteiger charge is 2.28. The lowest BCUT2D eigenvalue weighted by molar-refractivity contribution is 0.0631. The second-order valence-corrected chi connectivity index (χ2v) is 7.12. The van der Waals surface area contributed by atoms with E-state index in [0.29, 0.717) is 5.69 Å². The van der Waals surface area contributed by atoms with E-state index in [9.17, 15) is 4.79 Å². The average Bonchev–Trinajstić information content (AvgIpc) is 3.27. The van der Waals surface area contributed by atoms with Gasteiger partial charge in [0.25, 0.3) is 5.91 Å². The Morgan fingerprint density at radius 1 is 1.29 bits per heavy atom. The smallest absolute Gasteiger partial charge is 0.254 e. The molecule has 0 atom stereocenters. The topological polar surface area (TPSA) is 49.6 Å². The van der Waals surface area contributed by atoms with Crippen LogP contribution in [0.15, 0.2) is 16.6 Å². The number of piperazine rings is 1. The molecule has 0 aromatic heterocycles. The van der Waals surface area contributed by atoms with Crippen LogP contribution in [0, 0.1) is 12.8 Å². The first-order chi connectivity index (χ1) is 10.0. The van der Waals surface area contributed by atoms with Gasteiger partial charge in [-0.15, -0.1) is 0 Å². The van der Waals surface area contributed by atoms with Crippen molar-refractivity contribution >= 4 is 27.5 Å². The summed E-state index contributed by atoms with van der Waals surface area (Å²) in [6.45, 7) is 6.74. The van der Waals surface area contributed by atoms with E-state index in [1.54, 1.807) is 0 Å². The minimum Gasteiger partial charge on any atom is -0.398 e. The predicted molar refractivity (Wildman–Crippen MR) is 88.4 cm³/mol. The number of nitrogens with two attached hydrogens (primary N) is 1. The molecule has 0 unspecified atom stereocenters. The molecule has 3 rings (SSSR count). The van der Waals surface area contributed by atoms with Crippen molar-refractivity contribution in [3.05, 3.63) is 27.7 Å². The van der Waals surface area contributed by atoms with Crippen molar-refractivity contribution in [1.82, 2.24) is 9.80 Å². The van der Waals surface area contributed by atoms with Gasteiger partial charge in [0.15, 0.2) is 0 Å². The van der Waals surface area contributed by atoms with Crippen molar-refractivity contribution in [3.63, 3.8) is 0 Å². The fraction of sp³-hybridized carbons (Fsp3) is 0.562. The summed E-state index contributed by atoms with van der Waals surface area (Å²) in [6, 6.07) is 3.73. The molecule has 1 aliphatic carbocycles. The highest BCUT2D eigenvalue weighted by Crippen LogP contribution is 2.30. The van der Waals surface area contributed by atoms with Crippen molar-refractivity contribution in [2.24, 2.45) is 5.92 Å². The molecule has 1 amide bonds. The lowest BCUT2D eigenvalue weighted by Gasteiger charge is -2.35. The van der Waals surface area contributed by atoms with Crippen LogP contribution in [0.25, 0.3) is 0 Å². The molecule has 0 radical (unpaired) electrons. The van der Waals surface area contributed by atoms with Gasteiger partial charge in [0.05, 0.1) is 0 Å². The summed E-state index contributed by atoms with van der Waals surface area (Å²) in [5.74, 6) is 1.02. The number of hydrogen-bond acceptors (Lipinski definition) is 3. The molecule has 2 aliphatic rings. The molecule has 1 saturated carbocycles. The molecule has 21 heavy (non-hydrogen) atoms. The summed E-state index contributed by atoms with van der Waals surface area (Å²) in [7, 11) is 0. The molecule has 5 heteroatoms. The van der Waals surface area contributed by atoms with Gasteiger partial charge >= 0.3 is 0 Å². The maximum atomic E-state index is 12.7. The molecule has 0 bridgehead atoms. The van der Waals surface area contributed by atoms with Crippen LogP contribution >= 0.6 is 15.9 Å². The zero-order chi connectivity index (χ0) is 15.0. The normalized spacial score (nSPS) is 19.8. The Balaban J connectivity index is 1.66. The van der Waals surface area contributed by atoms with E-state index in [1.165, 1.54) is 19.4 Å². The monoisotopic (exact) mass is 351 g/mol. The van der Waals surface area contributed by atoms with Gasteiger partial charge < -0.3 is 10.6 Å². The number of nitrogen functional groups attached to an aromatic ring is 1. The molecular formula is C16H22BrN3O. The number of amides is 1. The molecule has 114 valence electrons. The highest BCUT2D eigenvalue weighted by molar-refractivity contribution is 9.10. The summed E-state index contributed by atoms with van der Waals surface area (Å²) < 4.78 is 0.862. The van der Waals surface area contributed by atoms with E-state index in [-0.39, 0.29) is 5.91 Å². The summed E-state index contributed by atoms with van der Waals surface area (Å²) in [6.07, 6.45) is 2.77. The largest absolute Gasteiger partial charge is 0.398 e. The summed E-state index contributed by atoms with van der Waals surface area (Å²) >= 11 is 3.42. The van der Waals surface area contributed by atoms with E-state index >= 15 is 0 Å². The lowest BCUT2D eigenvalue weighted by atomic mass is 10.1. The predicted octanol–water partition coefficient (Wildman–Crippen LogP) is 2.51. The summed E-state index contributed by atoms with van der Waals surface area (Å²) in [5, 5.41) is 0. The first-order valence-corrected chi connectivity index (χ1v) is 8.41. The van der Waals surface area contributed by atoms with E-state index in [1.807, 2.05) is 24.0 Å². The third-order valence-corrected chi connectivity index (χ3v) is 4.97. The highest BCUT2D eigenvalue weighted by atomic mass is 79.9. The minimum atomic E-state index is 0.103. The van der Waals surface area contributed by atoms with Crippen LogP contribution in [-0.4, -0.2) is 48.4 Å². The fourth-order valence-corrected chi connectivity index (χ4v) is 3.37. The zero-order valence-corrected chi connectivity index (χ0v) is 14.0. The van der Waals surface area contributed by atoms with Crippen molar-refractivity contribution in [2.75, 3.05) is 38.5 Å². The fourth-order valence-electron chi connectivity index (χ4n) is 2.89. The Morgan fingerprint density at radius 2 is 1.95 bits per heavy atom. The number of halogens is 1. The van der Waals surface area contributed by atoms with Crippen molar-refractivity contribution in [1.29, 1.82) is 0 Å². The maximum absolute atomic E-state index is 12.7. The van der Waals surface area contributed by atoms with E-state index in [4.69, 9.17) is 5.73 Å². The Labute approximate surface area is 134 Å². The van der Waals surface area contributed by atoms with Gasteiger partial charge in [0.2, 0.25) is 0 Å². The Morgan fingerprint density at radius 3 is 2.57 bits per heavy atom. The molecular weight excluding hydrogens is 330 g/mol. The number of anilines is 1. The van der Waals surface area contributed by atoms with Crippen LogP contribution in [-0.2, 0) is 0 Å². The van der Waals surface area contributed by atoms with Crippen LogP contribution < -0.4 is 5.73 Å². The quantitative estimate of drug-likeness (QED) is 0.851. The van der Waals surface area contributed by atoms with Gasteiger partial charge in [-0.3, -0.25) is 9.69 Å². The van der Waals surface area contributed by atoms with E-state index in [0.717, 1.165) is 47.7 Å². The van der Waals surface area contributed by atoms with E-state index < -0.39 is 0 Å². The third-order valence-electron chi connectivity index (χ3n) is 4.52. The molecule has 1 aromatic carbocycles. The van der Waals surface area contributed by atoms with Crippen LogP contribution in [0.3, 0.4) is 0 Å². The average molecular weight is 352 g/mol. The Kier molecular flexibility index (Phi) is 4.22. The van der Waals surface area contributed by atoms with Gasteiger partial charge in [0, 0.05) is 48.4 Å². The number of rotatable bonds is 3. The Bertz CT molecular complexity index is 549. The van der Waals surface area contributed by atoms with Crippen molar-refractivity contribution in [2.45, 2.75) is 19.8 Å². The third kappa shape index (κ3) is 3.40. The molecule has 0 spiro atoms.